The molecule has 1 aromatic rings. The number of benzene rings is 1. The number of nitrogens with zero attached hydrogens (tertiary/aromatic N) is 1. The van der Waals surface area contributed by atoms with Gasteiger partial charge in [-0.05, 0) is 19.1 Å². The summed E-state index contributed by atoms with van der Waals surface area (Å²) in [6.45, 7) is 7.86. The van der Waals surface area contributed by atoms with Crippen molar-refractivity contribution in [2.45, 2.75) is 13.0 Å². The minimum Gasteiger partial charge on any atom is -0.490 e. The fraction of sp³-hybridized carbons (Fsp3) is 0.600. The average Bonchev–Trinajstić information content (AvgIpc) is 2.50. The van der Waals surface area contributed by atoms with Crippen LogP contribution in [0.4, 0.5) is 0 Å². The van der Waals surface area contributed by atoms with Crippen LogP contribution in [0, 0.1) is 0 Å². The molecule has 1 saturated heterocycles. The molecule has 1 aliphatic rings. The van der Waals surface area contributed by atoms with E-state index in [0.717, 1.165) is 37.7 Å². The van der Waals surface area contributed by atoms with Gasteiger partial charge in [0.05, 0.1) is 6.61 Å². The quantitative estimate of drug-likeness (QED) is 0.769. The summed E-state index contributed by atoms with van der Waals surface area (Å²) in [6.07, 6.45) is 0. The largest absolute Gasteiger partial charge is 0.490 e. The van der Waals surface area contributed by atoms with Gasteiger partial charge in [-0.3, -0.25) is 4.90 Å². The Kier molecular flexibility index (Phi) is 6.11. The van der Waals surface area contributed by atoms with Crippen LogP contribution in [-0.4, -0.2) is 56.9 Å². The summed E-state index contributed by atoms with van der Waals surface area (Å²) in [5, 5.41) is 3.37. The van der Waals surface area contributed by atoms with Gasteiger partial charge in [0.25, 0.3) is 0 Å². The van der Waals surface area contributed by atoms with Gasteiger partial charge < -0.3 is 20.5 Å². The fourth-order valence-corrected chi connectivity index (χ4v) is 2.45. The number of nitrogens with one attached hydrogen (secondary N) is 1. The van der Waals surface area contributed by atoms with Crippen LogP contribution in [0.5, 0.6) is 11.5 Å². The Morgan fingerprint density at radius 2 is 2.05 bits per heavy atom. The predicted octanol–water partition coefficient (Wildman–Crippen LogP) is 0.697. The molecule has 1 heterocycles. The Hall–Kier alpha value is -1.30. The molecule has 1 aliphatic heterocycles. The molecule has 0 amide bonds. The first-order chi connectivity index (χ1) is 9.85. The van der Waals surface area contributed by atoms with Gasteiger partial charge in [0, 0.05) is 38.8 Å². The first-order valence-corrected chi connectivity index (χ1v) is 7.34. The predicted molar refractivity (Wildman–Crippen MR) is 80.4 cm³/mol. The lowest BCUT2D eigenvalue weighted by molar-refractivity contribution is 0.136. The number of ether oxygens (including phenoxy) is 2. The van der Waals surface area contributed by atoms with Crippen molar-refractivity contribution in [1.82, 2.24) is 10.2 Å². The molecule has 3 N–H and O–H groups in total. The van der Waals surface area contributed by atoms with Gasteiger partial charge in [0.2, 0.25) is 0 Å². The molecule has 0 bridgehead atoms. The molecule has 0 saturated carbocycles. The van der Waals surface area contributed by atoms with E-state index in [-0.39, 0.29) is 0 Å². The monoisotopic (exact) mass is 279 g/mol. The zero-order chi connectivity index (χ0) is 14.2. The van der Waals surface area contributed by atoms with Gasteiger partial charge in [-0.1, -0.05) is 12.1 Å². The van der Waals surface area contributed by atoms with Crippen molar-refractivity contribution in [3.8, 4) is 11.5 Å². The molecule has 0 aromatic heterocycles. The van der Waals surface area contributed by atoms with Crippen LogP contribution in [0.1, 0.15) is 6.92 Å². The van der Waals surface area contributed by atoms with Gasteiger partial charge in [-0.15, -0.1) is 0 Å². The van der Waals surface area contributed by atoms with Gasteiger partial charge in [0.1, 0.15) is 6.61 Å². The van der Waals surface area contributed by atoms with E-state index in [9.17, 15) is 0 Å². The van der Waals surface area contributed by atoms with Crippen molar-refractivity contribution in [2.24, 2.45) is 5.73 Å². The zero-order valence-corrected chi connectivity index (χ0v) is 12.2. The van der Waals surface area contributed by atoms with Crippen molar-refractivity contribution in [1.29, 1.82) is 0 Å². The highest BCUT2D eigenvalue weighted by atomic mass is 16.5. The van der Waals surface area contributed by atoms with Crippen molar-refractivity contribution >= 4 is 0 Å². The topological polar surface area (TPSA) is 59.8 Å². The second-order valence-electron chi connectivity index (χ2n) is 4.86. The molecule has 1 aromatic carbocycles. The Labute approximate surface area is 121 Å². The van der Waals surface area contributed by atoms with E-state index in [0.29, 0.717) is 25.8 Å². The van der Waals surface area contributed by atoms with E-state index in [1.807, 2.05) is 31.2 Å². The van der Waals surface area contributed by atoms with Crippen molar-refractivity contribution in [3.63, 3.8) is 0 Å². The summed E-state index contributed by atoms with van der Waals surface area (Å²) in [5.74, 6) is 1.62. The van der Waals surface area contributed by atoms with Crippen LogP contribution in [0.3, 0.4) is 0 Å². The van der Waals surface area contributed by atoms with E-state index >= 15 is 0 Å². The lowest BCUT2D eigenvalue weighted by Gasteiger charge is -2.35. The maximum Gasteiger partial charge on any atom is 0.161 e. The highest BCUT2D eigenvalue weighted by molar-refractivity contribution is 5.39. The van der Waals surface area contributed by atoms with E-state index in [1.165, 1.54) is 0 Å². The summed E-state index contributed by atoms with van der Waals surface area (Å²) in [6, 6.07) is 8.22. The molecule has 1 atom stereocenters. The summed E-state index contributed by atoms with van der Waals surface area (Å²) < 4.78 is 11.4. The summed E-state index contributed by atoms with van der Waals surface area (Å²) in [5.41, 5.74) is 5.80. The lowest BCUT2D eigenvalue weighted by Crippen LogP contribution is -2.55. The van der Waals surface area contributed by atoms with Crippen molar-refractivity contribution < 1.29 is 9.47 Å². The Morgan fingerprint density at radius 1 is 1.30 bits per heavy atom. The van der Waals surface area contributed by atoms with Crippen LogP contribution < -0.4 is 20.5 Å². The van der Waals surface area contributed by atoms with Crippen LogP contribution in [-0.2, 0) is 0 Å². The fourth-order valence-electron chi connectivity index (χ4n) is 2.45. The Bertz CT molecular complexity index is 400. The van der Waals surface area contributed by atoms with Gasteiger partial charge in [-0.25, -0.2) is 0 Å². The molecule has 0 aliphatic carbocycles. The zero-order valence-electron chi connectivity index (χ0n) is 12.2. The van der Waals surface area contributed by atoms with Crippen molar-refractivity contribution in [2.75, 3.05) is 45.9 Å². The first-order valence-electron chi connectivity index (χ1n) is 7.34. The third-order valence-electron chi connectivity index (χ3n) is 3.53. The average molecular weight is 279 g/mol. The minimum atomic E-state index is 0.412. The van der Waals surface area contributed by atoms with Gasteiger partial charge >= 0.3 is 0 Å². The molecule has 2 rings (SSSR count). The van der Waals surface area contributed by atoms with E-state index in [2.05, 4.69) is 10.2 Å². The molecule has 5 heteroatoms. The normalized spacial score (nSPS) is 19.8. The third kappa shape index (κ3) is 4.10. The van der Waals surface area contributed by atoms with E-state index in [1.54, 1.807) is 0 Å². The maximum absolute atomic E-state index is 5.86. The van der Waals surface area contributed by atoms with Crippen LogP contribution in [0.2, 0.25) is 0 Å². The third-order valence-corrected chi connectivity index (χ3v) is 3.53. The van der Waals surface area contributed by atoms with Gasteiger partial charge in [-0.2, -0.15) is 0 Å². The molecule has 0 spiro atoms. The van der Waals surface area contributed by atoms with Crippen molar-refractivity contribution in [3.05, 3.63) is 24.3 Å². The number of para-hydroxylation sites is 2. The molecule has 1 unspecified atom stereocenters. The summed E-state index contributed by atoms with van der Waals surface area (Å²) in [7, 11) is 0. The first kappa shape index (κ1) is 15.1. The minimum absolute atomic E-state index is 0.412. The second-order valence-corrected chi connectivity index (χ2v) is 4.86. The van der Waals surface area contributed by atoms with Crippen LogP contribution in [0.25, 0.3) is 0 Å². The number of piperazine rings is 1. The molecule has 5 nitrogen and oxygen atoms in total. The summed E-state index contributed by atoms with van der Waals surface area (Å²) >= 11 is 0. The smallest absolute Gasteiger partial charge is 0.161 e. The van der Waals surface area contributed by atoms with Crippen LogP contribution >= 0.6 is 0 Å². The standard InChI is InChI=1S/C15H25N3O2/c1-2-19-14-5-3-4-6-15(14)20-10-9-18-8-7-17-12-13(18)11-16/h3-6,13,17H,2,7-12,16H2,1H3. The summed E-state index contributed by atoms with van der Waals surface area (Å²) in [4.78, 5) is 2.39. The molecule has 112 valence electrons. The molecule has 1 fully saturated rings. The Morgan fingerprint density at radius 3 is 2.75 bits per heavy atom. The highest BCUT2D eigenvalue weighted by Crippen LogP contribution is 2.26. The second kappa shape index (κ2) is 8.09. The van der Waals surface area contributed by atoms with Crippen LogP contribution in [0.15, 0.2) is 24.3 Å². The van der Waals surface area contributed by atoms with E-state index < -0.39 is 0 Å². The number of rotatable bonds is 7. The molecule has 0 radical (unpaired) electrons. The maximum atomic E-state index is 5.86. The number of nitrogens with two attached hydrogens (primary N) is 1. The highest BCUT2D eigenvalue weighted by Gasteiger charge is 2.20. The number of hydrogen-bond acceptors (Lipinski definition) is 5. The van der Waals surface area contributed by atoms with Gasteiger partial charge in [0.15, 0.2) is 11.5 Å². The number of hydrogen-bond donors (Lipinski definition) is 2. The lowest BCUT2D eigenvalue weighted by atomic mass is 10.2. The Balaban J connectivity index is 1.83. The molecular weight excluding hydrogens is 254 g/mol. The molecule has 20 heavy (non-hydrogen) atoms. The van der Waals surface area contributed by atoms with E-state index in [4.69, 9.17) is 15.2 Å². The molecular formula is C15H25N3O2. The SMILES string of the molecule is CCOc1ccccc1OCCN1CCNCC1CN.